The Labute approximate surface area is 75.6 Å². The zero-order valence-corrected chi connectivity index (χ0v) is 8.76. The van der Waals surface area contributed by atoms with Crippen molar-refractivity contribution in [2.24, 2.45) is 16.8 Å². The highest BCUT2D eigenvalue weighted by atomic mass is 14.8. The van der Waals surface area contributed by atoms with Gasteiger partial charge in [-0.3, -0.25) is 4.99 Å². The molecule has 0 aromatic heterocycles. The Kier molecular flexibility index (Phi) is 2.71. The first-order valence-electron chi connectivity index (χ1n) is 4.78. The molecule has 0 spiro atoms. The average Bonchev–Trinajstić information content (AvgIpc) is 1.99. The van der Waals surface area contributed by atoms with E-state index in [-0.39, 0.29) is 0 Å². The Balaban J connectivity index is 2.87. The van der Waals surface area contributed by atoms with Crippen molar-refractivity contribution in [1.29, 1.82) is 0 Å². The van der Waals surface area contributed by atoms with Gasteiger partial charge in [0.25, 0.3) is 0 Å². The molecular formula is C11H19N. The largest absolute Gasteiger partial charge is 0.286 e. The summed E-state index contributed by atoms with van der Waals surface area (Å²) in [6, 6.07) is 0.465. The van der Waals surface area contributed by atoms with E-state index in [1.54, 1.807) is 0 Å². The molecule has 0 bridgehead atoms. The van der Waals surface area contributed by atoms with Gasteiger partial charge in [0, 0.05) is 5.71 Å². The van der Waals surface area contributed by atoms with Crippen LogP contribution < -0.4 is 0 Å². The summed E-state index contributed by atoms with van der Waals surface area (Å²) in [5.74, 6) is 1.18. The van der Waals surface area contributed by atoms with Crippen LogP contribution in [-0.4, -0.2) is 11.8 Å². The van der Waals surface area contributed by atoms with Crippen LogP contribution in [0.2, 0.25) is 0 Å². The number of allylic oxidation sites excluding steroid dienone is 1. The fraction of sp³-hybridized carbons (Fsp3) is 0.727. The van der Waals surface area contributed by atoms with E-state index in [4.69, 9.17) is 0 Å². The summed E-state index contributed by atoms with van der Waals surface area (Å²) in [6.45, 7) is 11.1. The van der Waals surface area contributed by atoms with E-state index in [1.807, 2.05) is 0 Å². The van der Waals surface area contributed by atoms with Crippen LogP contribution >= 0.6 is 0 Å². The topological polar surface area (TPSA) is 12.4 Å². The van der Waals surface area contributed by atoms with Crippen molar-refractivity contribution in [2.45, 2.75) is 40.7 Å². The lowest BCUT2D eigenvalue weighted by molar-refractivity contribution is 0.544. The van der Waals surface area contributed by atoms with Crippen molar-refractivity contribution in [2.75, 3.05) is 0 Å². The van der Waals surface area contributed by atoms with Gasteiger partial charge in [-0.1, -0.05) is 26.3 Å². The Morgan fingerprint density at radius 2 is 1.92 bits per heavy atom. The standard InChI is InChI=1S/C11H19N/c1-7(2)11-6-8(3)9(4)10(5)12-11/h6-7,9-10H,1-5H3. The lowest BCUT2D eigenvalue weighted by Crippen LogP contribution is -2.22. The van der Waals surface area contributed by atoms with Gasteiger partial charge in [0.1, 0.15) is 0 Å². The summed E-state index contributed by atoms with van der Waals surface area (Å²) in [5.41, 5.74) is 2.74. The van der Waals surface area contributed by atoms with E-state index in [2.05, 4.69) is 45.7 Å². The monoisotopic (exact) mass is 165 g/mol. The van der Waals surface area contributed by atoms with Crippen LogP contribution in [0.1, 0.15) is 34.6 Å². The van der Waals surface area contributed by atoms with Crippen molar-refractivity contribution < 1.29 is 0 Å². The smallest absolute Gasteiger partial charge is 0.0537 e. The highest BCUT2D eigenvalue weighted by Gasteiger charge is 2.19. The molecule has 1 heteroatoms. The Morgan fingerprint density at radius 3 is 2.33 bits per heavy atom. The molecule has 0 saturated carbocycles. The van der Waals surface area contributed by atoms with Gasteiger partial charge in [-0.25, -0.2) is 0 Å². The fourth-order valence-electron chi connectivity index (χ4n) is 1.45. The van der Waals surface area contributed by atoms with Gasteiger partial charge >= 0.3 is 0 Å². The molecule has 0 fully saturated rings. The summed E-state index contributed by atoms with van der Waals surface area (Å²) in [7, 11) is 0. The molecule has 0 aliphatic carbocycles. The normalized spacial score (nSPS) is 30.2. The third-order valence-corrected chi connectivity index (χ3v) is 2.76. The van der Waals surface area contributed by atoms with Crippen LogP contribution in [0.25, 0.3) is 0 Å². The van der Waals surface area contributed by atoms with Gasteiger partial charge in [-0.2, -0.15) is 0 Å². The molecule has 0 radical (unpaired) electrons. The maximum atomic E-state index is 4.65. The second-order valence-corrected chi connectivity index (χ2v) is 4.13. The highest BCUT2D eigenvalue weighted by molar-refractivity contribution is 5.97. The maximum Gasteiger partial charge on any atom is 0.0537 e. The molecule has 12 heavy (non-hydrogen) atoms. The molecule has 68 valence electrons. The van der Waals surface area contributed by atoms with Gasteiger partial charge in [0.2, 0.25) is 0 Å². The molecule has 1 heterocycles. The molecule has 0 saturated heterocycles. The van der Waals surface area contributed by atoms with E-state index in [9.17, 15) is 0 Å². The van der Waals surface area contributed by atoms with Crippen molar-refractivity contribution in [3.63, 3.8) is 0 Å². The zero-order chi connectivity index (χ0) is 9.30. The number of rotatable bonds is 1. The van der Waals surface area contributed by atoms with E-state index in [1.165, 1.54) is 11.3 Å². The number of dihydropyridines is 1. The molecule has 1 rings (SSSR count). The molecule has 0 aromatic carbocycles. The first-order chi connectivity index (χ1) is 5.52. The molecule has 0 amide bonds. The lowest BCUT2D eigenvalue weighted by Gasteiger charge is -2.24. The number of nitrogens with zero attached hydrogens (tertiary/aromatic N) is 1. The van der Waals surface area contributed by atoms with Gasteiger partial charge in [-0.05, 0) is 31.8 Å². The van der Waals surface area contributed by atoms with Crippen LogP contribution in [0.15, 0.2) is 16.6 Å². The quantitative estimate of drug-likeness (QED) is 0.566. The predicted octanol–water partition coefficient (Wildman–Crippen LogP) is 3.07. The molecule has 1 aliphatic rings. The molecule has 0 aromatic rings. The molecule has 2 atom stereocenters. The highest BCUT2D eigenvalue weighted by Crippen LogP contribution is 2.23. The van der Waals surface area contributed by atoms with Crippen LogP contribution in [0.5, 0.6) is 0 Å². The maximum absolute atomic E-state index is 4.65. The summed E-state index contributed by atoms with van der Waals surface area (Å²) in [6.07, 6.45) is 2.25. The SMILES string of the molecule is CC1=CC(C(C)C)=NC(C)C1C. The summed E-state index contributed by atoms with van der Waals surface area (Å²) >= 11 is 0. The Bertz CT molecular complexity index is 223. The predicted molar refractivity (Wildman–Crippen MR) is 54.7 cm³/mol. The van der Waals surface area contributed by atoms with E-state index >= 15 is 0 Å². The van der Waals surface area contributed by atoms with Crippen molar-refractivity contribution in [1.82, 2.24) is 0 Å². The molecule has 2 unspecified atom stereocenters. The number of hydrogen-bond acceptors (Lipinski definition) is 1. The molecular weight excluding hydrogens is 146 g/mol. The minimum absolute atomic E-state index is 0.465. The summed E-state index contributed by atoms with van der Waals surface area (Å²) in [5, 5.41) is 0. The van der Waals surface area contributed by atoms with Crippen LogP contribution in [0.3, 0.4) is 0 Å². The first-order valence-corrected chi connectivity index (χ1v) is 4.78. The van der Waals surface area contributed by atoms with Crippen molar-refractivity contribution >= 4 is 5.71 Å². The second kappa shape index (κ2) is 3.42. The van der Waals surface area contributed by atoms with Crippen molar-refractivity contribution in [3.05, 3.63) is 11.6 Å². The fourth-order valence-corrected chi connectivity index (χ4v) is 1.45. The lowest BCUT2D eigenvalue weighted by atomic mass is 9.89. The molecule has 0 N–H and O–H groups in total. The van der Waals surface area contributed by atoms with Gasteiger partial charge in [0.15, 0.2) is 0 Å². The second-order valence-electron chi connectivity index (χ2n) is 4.13. The third kappa shape index (κ3) is 1.77. The van der Waals surface area contributed by atoms with Crippen LogP contribution in [0, 0.1) is 11.8 Å². The van der Waals surface area contributed by atoms with E-state index < -0.39 is 0 Å². The zero-order valence-electron chi connectivity index (χ0n) is 8.76. The Hall–Kier alpha value is -0.590. The van der Waals surface area contributed by atoms with E-state index in [0.29, 0.717) is 17.9 Å². The van der Waals surface area contributed by atoms with Crippen LogP contribution in [-0.2, 0) is 0 Å². The molecule has 1 aliphatic heterocycles. The summed E-state index contributed by atoms with van der Waals surface area (Å²) in [4.78, 5) is 4.65. The minimum Gasteiger partial charge on any atom is -0.286 e. The number of hydrogen-bond donors (Lipinski definition) is 0. The summed E-state index contributed by atoms with van der Waals surface area (Å²) < 4.78 is 0. The average molecular weight is 165 g/mol. The van der Waals surface area contributed by atoms with Crippen molar-refractivity contribution in [3.8, 4) is 0 Å². The molecule has 1 nitrogen and oxygen atoms in total. The van der Waals surface area contributed by atoms with Gasteiger partial charge in [-0.15, -0.1) is 0 Å². The van der Waals surface area contributed by atoms with E-state index in [0.717, 1.165) is 0 Å². The van der Waals surface area contributed by atoms with Crippen LogP contribution in [0.4, 0.5) is 0 Å². The minimum atomic E-state index is 0.465. The third-order valence-electron chi connectivity index (χ3n) is 2.76. The first kappa shape index (κ1) is 9.50. The van der Waals surface area contributed by atoms with Gasteiger partial charge < -0.3 is 0 Å². The Morgan fingerprint density at radius 1 is 1.33 bits per heavy atom. The number of aliphatic imine (C=N–C) groups is 1. The van der Waals surface area contributed by atoms with Gasteiger partial charge in [0.05, 0.1) is 6.04 Å².